The number of anilines is 4. The number of fused-ring (bicyclic) bond motifs is 1. The number of rotatable bonds is 9. The van der Waals surface area contributed by atoms with Crippen LogP contribution >= 0.6 is 0 Å². The smallest absolute Gasteiger partial charge is 0.179 e. The van der Waals surface area contributed by atoms with Gasteiger partial charge in [-0.15, -0.1) is 0 Å². The van der Waals surface area contributed by atoms with E-state index in [2.05, 4.69) is 275 Å². The van der Waals surface area contributed by atoms with E-state index in [9.17, 15) is 0 Å². The van der Waals surface area contributed by atoms with E-state index in [4.69, 9.17) is 6.58 Å². The Balaban J connectivity index is 1.10. The Kier molecular flexibility index (Phi) is 10.1. The lowest BCUT2D eigenvalue weighted by atomic mass is 9.99. The standard InChI is InChI=1S/C63H47N3Si/c1-46-44-51(65(49-25-10-3-11-26-49)59-41-42-61-63-56(59)39-37-47-22-20-36-60(62(47)63)66(61)50-27-12-4-13-28-50)29-21-43-64(48-23-8-2-9-24-48)58-40-38-55(45-57(46)58)67(52-30-14-5-15-31-52,53-32-16-6-17-33-53)54-34-18-7-19-35-54/h2-42,44-45H,1,43H2/b29-21-,51-44+. The third-order valence-corrected chi connectivity index (χ3v) is 18.4. The van der Waals surface area contributed by atoms with E-state index in [-0.39, 0.29) is 0 Å². The van der Waals surface area contributed by atoms with Crippen LogP contribution in [0.25, 0.3) is 43.8 Å². The van der Waals surface area contributed by atoms with Gasteiger partial charge in [-0.2, -0.15) is 0 Å². The van der Waals surface area contributed by atoms with Crippen LogP contribution < -0.4 is 30.5 Å². The van der Waals surface area contributed by atoms with Crippen molar-refractivity contribution in [3.63, 3.8) is 0 Å². The minimum Gasteiger partial charge on any atom is -0.337 e. The van der Waals surface area contributed by atoms with Crippen LogP contribution in [0.15, 0.2) is 273 Å². The van der Waals surface area contributed by atoms with Crippen LogP contribution in [0.4, 0.5) is 22.7 Å². The normalized spacial score (nSPS) is 14.3. The van der Waals surface area contributed by atoms with Gasteiger partial charge in [-0.25, -0.2) is 0 Å². The largest absolute Gasteiger partial charge is 0.337 e. The summed E-state index contributed by atoms with van der Waals surface area (Å²) in [6.45, 7) is 5.66. The lowest BCUT2D eigenvalue weighted by Gasteiger charge is -2.35. The Labute approximate surface area is 393 Å². The van der Waals surface area contributed by atoms with Crippen molar-refractivity contribution in [2.45, 2.75) is 0 Å². The lowest BCUT2D eigenvalue weighted by molar-refractivity contribution is 1.09. The summed E-state index contributed by atoms with van der Waals surface area (Å²) in [7, 11) is -2.87. The second-order valence-electron chi connectivity index (χ2n) is 17.3. The summed E-state index contributed by atoms with van der Waals surface area (Å²) >= 11 is 0. The number of para-hydroxylation sites is 3. The molecule has 4 heteroatoms. The summed E-state index contributed by atoms with van der Waals surface area (Å²) in [5.74, 6) is 0. The van der Waals surface area contributed by atoms with E-state index in [1.165, 1.54) is 53.3 Å². The molecule has 318 valence electrons. The topological polar surface area (TPSA) is 11.4 Å². The molecule has 1 aromatic heterocycles. The molecular formula is C63H47N3Si. The van der Waals surface area contributed by atoms with Crippen molar-refractivity contribution in [2.75, 3.05) is 16.3 Å². The van der Waals surface area contributed by atoms with Crippen molar-refractivity contribution >= 4 is 89.7 Å². The summed E-state index contributed by atoms with van der Waals surface area (Å²) in [6, 6.07) is 88.9. The quantitative estimate of drug-likeness (QED) is 0.0813. The van der Waals surface area contributed by atoms with E-state index in [1.807, 2.05) is 0 Å². The molecule has 0 atom stereocenters. The SMILES string of the molecule is C=C1/C=C(N(c2ccccc2)c2ccc3c4c2ccc2cccc(c24)n3-c2ccccc2)\C=C/CN(c2ccccc2)c2ccc([Si](c3ccccc3)(c3ccccc3)c3ccccc3)cc21. The molecule has 1 aliphatic heterocycles. The molecule has 0 fully saturated rings. The fourth-order valence-electron chi connectivity index (χ4n) is 10.7. The van der Waals surface area contributed by atoms with Gasteiger partial charge in [-0.05, 0) is 105 Å². The Hall–Kier alpha value is -8.44. The predicted molar refractivity (Wildman–Crippen MR) is 288 cm³/mol. The van der Waals surface area contributed by atoms with Crippen molar-refractivity contribution in [1.82, 2.24) is 4.57 Å². The Morgan fingerprint density at radius 3 is 1.66 bits per heavy atom. The van der Waals surface area contributed by atoms with Crippen LogP contribution in [0.3, 0.4) is 0 Å². The number of aromatic nitrogens is 1. The van der Waals surface area contributed by atoms with Gasteiger partial charge in [0, 0.05) is 56.7 Å². The molecule has 0 N–H and O–H groups in total. The monoisotopic (exact) mass is 873 g/mol. The molecule has 11 aromatic rings. The molecule has 0 spiro atoms. The lowest BCUT2D eigenvalue weighted by Crippen LogP contribution is -2.74. The molecule has 0 radical (unpaired) electrons. The summed E-state index contributed by atoms with van der Waals surface area (Å²) in [5, 5.41) is 10.3. The highest BCUT2D eigenvalue weighted by Gasteiger charge is 2.42. The molecule has 3 nitrogen and oxygen atoms in total. The molecular weight excluding hydrogens is 827 g/mol. The van der Waals surface area contributed by atoms with Gasteiger partial charge in [0.05, 0.1) is 16.7 Å². The van der Waals surface area contributed by atoms with Gasteiger partial charge in [0.15, 0.2) is 8.07 Å². The fourth-order valence-corrected chi connectivity index (χ4v) is 15.5. The first kappa shape index (κ1) is 40.1. The fraction of sp³-hybridized carbons (Fsp3) is 0.0159. The Bertz CT molecular complexity index is 3500. The van der Waals surface area contributed by atoms with E-state index in [1.54, 1.807) is 0 Å². The third-order valence-electron chi connectivity index (χ3n) is 13.6. The molecule has 1 aliphatic rings. The number of hydrogen-bond donors (Lipinski definition) is 0. The van der Waals surface area contributed by atoms with E-state index in [0.29, 0.717) is 6.54 Å². The maximum Gasteiger partial charge on any atom is 0.179 e. The number of benzene rings is 10. The van der Waals surface area contributed by atoms with E-state index in [0.717, 1.165) is 45.3 Å². The molecule has 0 saturated carbocycles. The summed E-state index contributed by atoms with van der Waals surface area (Å²) in [5.41, 5.74) is 11.0. The Morgan fingerprint density at radius 1 is 0.463 bits per heavy atom. The number of nitrogens with zero attached hydrogens (tertiary/aromatic N) is 3. The van der Waals surface area contributed by atoms with Crippen LogP contribution in [0, 0.1) is 0 Å². The zero-order valence-corrected chi connectivity index (χ0v) is 38.1. The van der Waals surface area contributed by atoms with Crippen molar-refractivity contribution in [2.24, 2.45) is 0 Å². The highest BCUT2D eigenvalue weighted by molar-refractivity contribution is 7.19. The maximum atomic E-state index is 5.00. The molecule has 10 aromatic carbocycles. The zero-order valence-electron chi connectivity index (χ0n) is 37.1. The minimum absolute atomic E-state index is 0.655. The van der Waals surface area contributed by atoms with Crippen LogP contribution in [0.1, 0.15) is 5.56 Å². The first-order valence-electron chi connectivity index (χ1n) is 23.1. The van der Waals surface area contributed by atoms with E-state index >= 15 is 0 Å². The Morgan fingerprint density at radius 2 is 1.03 bits per heavy atom. The second kappa shape index (κ2) is 16.8. The van der Waals surface area contributed by atoms with Crippen molar-refractivity contribution in [1.29, 1.82) is 0 Å². The second-order valence-corrected chi connectivity index (χ2v) is 21.1. The van der Waals surface area contributed by atoms with Crippen LogP contribution in [0.5, 0.6) is 0 Å². The first-order valence-corrected chi connectivity index (χ1v) is 25.1. The average Bonchev–Trinajstić information content (AvgIpc) is 3.77. The van der Waals surface area contributed by atoms with Gasteiger partial charge in [-0.1, -0.05) is 195 Å². The summed E-state index contributed by atoms with van der Waals surface area (Å²) in [4.78, 5) is 4.86. The number of allylic oxidation sites excluding steroid dienone is 3. The van der Waals surface area contributed by atoms with Crippen LogP contribution in [-0.4, -0.2) is 19.2 Å². The highest BCUT2D eigenvalue weighted by Crippen LogP contribution is 2.45. The molecule has 0 amide bonds. The molecule has 12 rings (SSSR count). The molecule has 0 bridgehead atoms. The summed E-state index contributed by atoms with van der Waals surface area (Å²) in [6.07, 6.45) is 6.90. The van der Waals surface area contributed by atoms with E-state index < -0.39 is 8.07 Å². The van der Waals surface area contributed by atoms with Gasteiger partial charge in [0.2, 0.25) is 0 Å². The van der Waals surface area contributed by atoms with Crippen molar-refractivity contribution in [3.8, 4) is 5.69 Å². The minimum atomic E-state index is -2.87. The van der Waals surface area contributed by atoms with Gasteiger partial charge >= 0.3 is 0 Å². The van der Waals surface area contributed by atoms with Crippen LogP contribution in [0.2, 0.25) is 0 Å². The van der Waals surface area contributed by atoms with Gasteiger partial charge in [0.1, 0.15) is 0 Å². The predicted octanol–water partition coefficient (Wildman–Crippen LogP) is 13.2. The average molecular weight is 874 g/mol. The molecule has 0 aliphatic carbocycles. The zero-order chi connectivity index (χ0) is 44.7. The highest BCUT2D eigenvalue weighted by atomic mass is 28.3. The molecule has 0 unspecified atom stereocenters. The molecule has 2 heterocycles. The maximum absolute atomic E-state index is 5.00. The summed E-state index contributed by atoms with van der Waals surface area (Å²) < 4.78 is 2.42. The van der Waals surface area contributed by atoms with Crippen molar-refractivity contribution in [3.05, 3.63) is 279 Å². The van der Waals surface area contributed by atoms with Crippen LogP contribution in [-0.2, 0) is 0 Å². The first-order chi connectivity index (χ1) is 33.2. The van der Waals surface area contributed by atoms with Crippen molar-refractivity contribution < 1.29 is 0 Å². The van der Waals surface area contributed by atoms with Gasteiger partial charge < -0.3 is 14.4 Å². The third kappa shape index (κ3) is 6.72. The molecule has 0 saturated heterocycles. The molecule has 67 heavy (non-hydrogen) atoms. The number of hydrogen-bond acceptors (Lipinski definition) is 2. The van der Waals surface area contributed by atoms with Gasteiger partial charge in [0.25, 0.3) is 0 Å². The van der Waals surface area contributed by atoms with Gasteiger partial charge in [-0.3, -0.25) is 0 Å².